The molecule has 3 aliphatic heterocycles. The van der Waals surface area contributed by atoms with Crippen LogP contribution in [0.5, 0.6) is 16.7 Å². The van der Waals surface area contributed by atoms with E-state index in [1.54, 1.807) is 48.8 Å². The highest BCUT2D eigenvalue weighted by Crippen LogP contribution is 2.43. The minimum absolute atomic E-state index is 0.0229. The summed E-state index contributed by atoms with van der Waals surface area (Å²) in [6, 6.07) is 5.60. The number of rotatable bonds is 17. The lowest BCUT2D eigenvalue weighted by Crippen LogP contribution is -2.54. The number of aromatic nitrogens is 3. The minimum atomic E-state index is -0.911. The SMILES string of the molecule is C=CCOC(=O)N1c2cc(OCCCC(=O)Nc3cc(C(=O)Nc4cc(C(=O)Oc5nc(C(=O)OCC)cs5)n(C)c4)n(C)c3)c(OC)cc2C(=O)N2CCC[C@H]2C1OC1CCCCO1. The van der Waals surface area contributed by atoms with Crippen molar-refractivity contribution in [2.24, 2.45) is 14.1 Å². The molecule has 7 rings (SSSR count). The van der Waals surface area contributed by atoms with Gasteiger partial charge in [-0.25, -0.2) is 19.3 Å². The molecule has 3 aromatic heterocycles. The van der Waals surface area contributed by atoms with Crippen molar-refractivity contribution in [3.8, 4) is 16.7 Å². The Morgan fingerprint density at radius 1 is 0.954 bits per heavy atom. The van der Waals surface area contributed by atoms with Crippen LogP contribution in [0.3, 0.4) is 0 Å². The van der Waals surface area contributed by atoms with Crippen molar-refractivity contribution in [2.45, 2.75) is 70.4 Å². The second kappa shape index (κ2) is 20.9. The van der Waals surface area contributed by atoms with E-state index in [-0.39, 0.29) is 89.5 Å². The highest BCUT2D eigenvalue weighted by molar-refractivity contribution is 7.11. The van der Waals surface area contributed by atoms with Gasteiger partial charge in [0.2, 0.25) is 5.91 Å². The van der Waals surface area contributed by atoms with Crippen LogP contribution in [-0.2, 0) is 37.8 Å². The molecule has 0 spiro atoms. The molecule has 6 heterocycles. The van der Waals surface area contributed by atoms with E-state index in [9.17, 15) is 28.8 Å². The van der Waals surface area contributed by atoms with Gasteiger partial charge < -0.3 is 57.8 Å². The molecule has 2 fully saturated rings. The van der Waals surface area contributed by atoms with Crippen LogP contribution < -0.4 is 29.7 Å². The summed E-state index contributed by atoms with van der Waals surface area (Å²) in [6.07, 6.45) is 6.46. The van der Waals surface area contributed by atoms with E-state index in [2.05, 4.69) is 22.2 Å². The molecule has 4 aromatic rings. The Hall–Kier alpha value is -6.71. The Morgan fingerprint density at radius 3 is 2.46 bits per heavy atom. The maximum atomic E-state index is 14.1. The fraction of sp³-hybridized carbons (Fsp3) is 0.432. The second-order valence-corrected chi connectivity index (χ2v) is 16.1. The van der Waals surface area contributed by atoms with E-state index < -0.39 is 42.5 Å². The van der Waals surface area contributed by atoms with Crippen LogP contribution in [0.2, 0.25) is 0 Å². The van der Waals surface area contributed by atoms with Crippen LogP contribution >= 0.6 is 11.3 Å². The van der Waals surface area contributed by atoms with E-state index in [1.165, 1.54) is 46.4 Å². The van der Waals surface area contributed by atoms with Gasteiger partial charge >= 0.3 is 18.0 Å². The molecule has 2 unspecified atom stereocenters. The van der Waals surface area contributed by atoms with E-state index >= 15 is 0 Å². The van der Waals surface area contributed by atoms with E-state index in [0.29, 0.717) is 37.4 Å². The van der Waals surface area contributed by atoms with Crippen molar-refractivity contribution in [1.29, 1.82) is 0 Å². The molecule has 20 nitrogen and oxygen atoms in total. The van der Waals surface area contributed by atoms with Gasteiger partial charge in [0.05, 0.1) is 49.0 Å². The number of aryl methyl sites for hydroxylation is 2. The number of thiazole rings is 1. The predicted molar refractivity (Wildman–Crippen MR) is 235 cm³/mol. The first-order chi connectivity index (χ1) is 31.4. The van der Waals surface area contributed by atoms with Gasteiger partial charge in [-0.05, 0) is 63.6 Å². The largest absolute Gasteiger partial charge is 0.493 e. The van der Waals surface area contributed by atoms with Gasteiger partial charge in [0.1, 0.15) is 18.0 Å². The molecule has 3 aliphatic rings. The quantitative estimate of drug-likeness (QED) is 0.0717. The fourth-order valence-electron chi connectivity index (χ4n) is 7.79. The average molecular weight is 918 g/mol. The van der Waals surface area contributed by atoms with Crippen LogP contribution in [0.25, 0.3) is 0 Å². The molecular weight excluding hydrogens is 867 g/mol. The number of nitrogens with zero attached hydrogens (tertiary/aromatic N) is 5. The maximum Gasteiger partial charge on any atom is 0.416 e. The molecule has 2 saturated heterocycles. The zero-order valence-corrected chi connectivity index (χ0v) is 37.3. The van der Waals surface area contributed by atoms with Crippen LogP contribution in [-0.4, -0.2) is 113 Å². The van der Waals surface area contributed by atoms with E-state index in [4.69, 9.17) is 33.2 Å². The van der Waals surface area contributed by atoms with Crippen molar-refractivity contribution in [3.05, 3.63) is 77.3 Å². The zero-order chi connectivity index (χ0) is 46.2. The van der Waals surface area contributed by atoms with E-state index in [1.807, 2.05) is 0 Å². The number of hydrogen-bond donors (Lipinski definition) is 2. The Bertz CT molecular complexity index is 2440. The van der Waals surface area contributed by atoms with Crippen LogP contribution in [0.1, 0.15) is 93.7 Å². The summed E-state index contributed by atoms with van der Waals surface area (Å²) in [5.41, 5.74) is 1.49. The minimum Gasteiger partial charge on any atom is -0.493 e. The average Bonchev–Trinajstić information content (AvgIpc) is 4.11. The number of hydrogen-bond acceptors (Lipinski definition) is 15. The number of carbonyl (C=O) groups excluding carboxylic acids is 6. The van der Waals surface area contributed by atoms with Gasteiger partial charge in [0.25, 0.3) is 17.0 Å². The summed E-state index contributed by atoms with van der Waals surface area (Å²) in [4.78, 5) is 86.3. The van der Waals surface area contributed by atoms with E-state index in [0.717, 1.165) is 30.6 Å². The number of amides is 4. The molecule has 65 heavy (non-hydrogen) atoms. The number of fused-ring (bicyclic) bond motifs is 2. The Labute approximate surface area is 378 Å². The van der Waals surface area contributed by atoms with Crippen LogP contribution in [0.4, 0.5) is 21.9 Å². The van der Waals surface area contributed by atoms with Crippen molar-refractivity contribution in [3.63, 3.8) is 0 Å². The number of ether oxygens (including phenoxy) is 7. The summed E-state index contributed by atoms with van der Waals surface area (Å²) < 4.78 is 43.1. The Morgan fingerprint density at radius 2 is 1.72 bits per heavy atom. The standard InChI is InChI=1S/C44H51N7O13S/c1-6-16-62-44(57)51-31-22-35(34(58-5)21-28(31)39(54)50-15-10-12-30(50)40(51)63-37-14-8-9-17-61-37)60-18-11-13-36(52)45-26-19-32(48(3)23-26)38(53)46-27-20-33(49(4)24-27)42(56)64-43-47-29(25-65-43)41(55)59-7-2/h6,19-25,30,37,40H,1,7-18H2,2-5H3,(H,45,52)(H,46,53)/t30-,37?,40?/m0/s1. The normalized spacial score (nSPS) is 17.9. The highest BCUT2D eigenvalue weighted by Gasteiger charge is 2.48. The summed E-state index contributed by atoms with van der Waals surface area (Å²) in [5.74, 6) is -2.01. The molecule has 21 heteroatoms. The number of anilines is 3. The molecule has 1 aromatic carbocycles. The van der Waals surface area contributed by atoms with Gasteiger partial charge in [0, 0.05) is 57.5 Å². The highest BCUT2D eigenvalue weighted by atomic mass is 32.1. The monoisotopic (exact) mass is 917 g/mol. The molecule has 0 bridgehead atoms. The molecule has 3 atom stereocenters. The van der Waals surface area contributed by atoms with Crippen molar-refractivity contribution < 1.29 is 61.9 Å². The van der Waals surface area contributed by atoms with Crippen LogP contribution in [0.15, 0.2) is 54.7 Å². The van der Waals surface area contributed by atoms with Crippen molar-refractivity contribution in [2.75, 3.05) is 55.6 Å². The van der Waals surface area contributed by atoms with Gasteiger partial charge in [-0.3, -0.25) is 14.4 Å². The zero-order valence-electron chi connectivity index (χ0n) is 36.5. The topological polar surface area (TPSA) is 220 Å². The number of carbonyl (C=O) groups is 6. The molecule has 0 aliphatic carbocycles. The van der Waals surface area contributed by atoms with Crippen molar-refractivity contribution >= 4 is 64.2 Å². The molecule has 4 amide bonds. The first-order valence-electron chi connectivity index (χ1n) is 21.2. The second-order valence-electron chi connectivity index (χ2n) is 15.3. The number of esters is 2. The third-order valence-electron chi connectivity index (χ3n) is 10.8. The number of benzene rings is 1. The van der Waals surface area contributed by atoms with Gasteiger partial charge in [-0.15, -0.1) is 0 Å². The number of methoxy groups -OCH3 is 1. The van der Waals surface area contributed by atoms with Crippen molar-refractivity contribution in [1.82, 2.24) is 19.0 Å². The summed E-state index contributed by atoms with van der Waals surface area (Å²) in [6.45, 7) is 6.52. The fourth-order valence-corrected chi connectivity index (χ4v) is 8.42. The lowest BCUT2D eigenvalue weighted by atomic mass is 10.1. The predicted octanol–water partition coefficient (Wildman–Crippen LogP) is 5.89. The van der Waals surface area contributed by atoms with Gasteiger partial charge in [0.15, 0.2) is 29.7 Å². The van der Waals surface area contributed by atoms with Gasteiger partial charge in [-0.2, -0.15) is 4.98 Å². The Kier molecular flexibility index (Phi) is 14.9. The first-order valence-corrected chi connectivity index (χ1v) is 22.1. The molecule has 346 valence electrons. The lowest BCUT2D eigenvalue weighted by Gasteiger charge is -2.38. The Balaban J connectivity index is 0.970. The summed E-state index contributed by atoms with van der Waals surface area (Å²) in [5, 5.41) is 6.94. The summed E-state index contributed by atoms with van der Waals surface area (Å²) >= 11 is 0.963. The summed E-state index contributed by atoms with van der Waals surface area (Å²) in [7, 11) is 4.70. The molecule has 2 N–H and O–H groups in total. The molecule has 0 radical (unpaired) electrons. The molecular formula is C44H51N7O13S. The number of nitrogens with one attached hydrogen (secondary N) is 2. The third kappa shape index (κ3) is 10.6. The third-order valence-corrected chi connectivity index (χ3v) is 11.5. The van der Waals surface area contributed by atoms with Gasteiger partial charge in [-0.1, -0.05) is 24.0 Å². The van der Waals surface area contributed by atoms with Crippen LogP contribution in [0, 0.1) is 0 Å². The molecule has 0 saturated carbocycles. The lowest BCUT2D eigenvalue weighted by molar-refractivity contribution is -0.195. The smallest absolute Gasteiger partial charge is 0.416 e. The first kappa shape index (κ1) is 46.3. The maximum absolute atomic E-state index is 14.1.